The van der Waals surface area contributed by atoms with Crippen LogP contribution in [0.4, 0.5) is 0 Å². The largest absolute Gasteiger partial charge is 0.472 e. The number of quaternary nitrogens is 1. The minimum Gasteiger partial charge on any atom is -0.456 e. The number of phosphoric acid groups is 1. The Balaban J connectivity index is 5.16. The zero-order valence-electron chi connectivity index (χ0n) is 50.7. The van der Waals surface area contributed by atoms with Crippen LogP contribution < -0.4 is 5.32 Å². The van der Waals surface area contributed by atoms with Crippen molar-refractivity contribution in [3.8, 4) is 0 Å². The van der Waals surface area contributed by atoms with Crippen molar-refractivity contribution in [1.29, 1.82) is 0 Å². The van der Waals surface area contributed by atoms with Gasteiger partial charge >= 0.3 is 13.8 Å². The lowest BCUT2D eigenvalue weighted by atomic mass is 10.0. The number of unbranched alkanes of at least 4 members (excludes halogenated alkanes) is 26. The van der Waals surface area contributed by atoms with E-state index in [9.17, 15) is 19.0 Å². The van der Waals surface area contributed by atoms with E-state index in [-0.39, 0.29) is 31.5 Å². The number of nitrogens with one attached hydrogen (secondary N) is 1. The van der Waals surface area contributed by atoms with Crippen molar-refractivity contribution in [2.24, 2.45) is 0 Å². The second-order valence-electron chi connectivity index (χ2n) is 22.2. The molecule has 3 atom stereocenters. The monoisotopic (exact) mass is 1100 g/mol. The van der Waals surface area contributed by atoms with E-state index in [1.165, 1.54) is 103 Å². The molecule has 2 N–H and O–H groups in total. The molecule has 0 heterocycles. The standard InChI is InChI=1S/C67H119N2O7P/c1-7-10-13-16-19-22-25-28-30-31-32-33-34-35-36-37-38-39-40-41-44-47-50-53-56-59-66(70)68-64(63-75-77(72,73)74-62-61-69(4,5)6)65(58-55-52-49-46-43-27-24-21-18-15-12-9-3)76-67(71)60-57-54-51-48-45-42-29-26-23-20-17-14-11-8-2/h10-11,13-14,19-20,22-23,28,30,32-33,35-36,55,58,64-65H,7-9,12,15-18,21,24-27,29,31,34,37-54,56-57,59-63H2,1-6H3,(H-,68,70,72,73)/p+1/b13-10-,14-11+,22-19-,23-20+,30-28-,33-32-,36-35-,58-55-. The van der Waals surface area contributed by atoms with E-state index in [0.717, 1.165) is 128 Å². The molecule has 0 bridgehead atoms. The van der Waals surface area contributed by atoms with Gasteiger partial charge in [0.25, 0.3) is 0 Å². The molecule has 0 aromatic rings. The molecule has 0 aromatic carbocycles. The Morgan fingerprint density at radius 2 is 0.831 bits per heavy atom. The first-order valence-corrected chi connectivity index (χ1v) is 33.1. The fourth-order valence-electron chi connectivity index (χ4n) is 8.71. The Hall–Kier alpha value is -3.07. The average Bonchev–Trinajstić information content (AvgIpc) is 3.39. The van der Waals surface area contributed by atoms with E-state index in [4.69, 9.17) is 13.8 Å². The molecular formula is C67H120N2O7P+. The van der Waals surface area contributed by atoms with Gasteiger partial charge in [-0.15, -0.1) is 0 Å². The van der Waals surface area contributed by atoms with Crippen molar-refractivity contribution in [3.05, 3.63) is 97.2 Å². The maximum Gasteiger partial charge on any atom is 0.472 e. The first kappa shape index (κ1) is 73.9. The molecule has 3 unspecified atom stereocenters. The number of likely N-dealkylation sites (N-methyl/N-ethyl adjacent to an activating group) is 1. The van der Waals surface area contributed by atoms with Crippen molar-refractivity contribution in [3.63, 3.8) is 0 Å². The van der Waals surface area contributed by atoms with Crippen LogP contribution in [0.5, 0.6) is 0 Å². The highest BCUT2D eigenvalue weighted by Gasteiger charge is 2.30. The molecule has 0 aromatic heterocycles. The molecule has 0 saturated heterocycles. The van der Waals surface area contributed by atoms with Gasteiger partial charge in [0.15, 0.2) is 0 Å². The van der Waals surface area contributed by atoms with E-state index in [1.54, 1.807) is 0 Å². The third-order valence-electron chi connectivity index (χ3n) is 13.5. The number of hydrogen-bond acceptors (Lipinski definition) is 6. The number of ether oxygens (including phenoxy) is 1. The number of hydrogen-bond donors (Lipinski definition) is 2. The summed E-state index contributed by atoms with van der Waals surface area (Å²) >= 11 is 0. The van der Waals surface area contributed by atoms with Gasteiger partial charge < -0.3 is 19.4 Å². The summed E-state index contributed by atoms with van der Waals surface area (Å²) in [5.74, 6) is -0.524. The molecule has 0 fully saturated rings. The minimum absolute atomic E-state index is 0.0336. The van der Waals surface area contributed by atoms with Gasteiger partial charge in [-0.3, -0.25) is 18.6 Å². The molecule has 0 saturated carbocycles. The quantitative estimate of drug-likeness (QED) is 0.0205. The molecular weight excluding hydrogens is 976 g/mol. The normalized spacial score (nSPS) is 14.3. The van der Waals surface area contributed by atoms with E-state index < -0.39 is 20.0 Å². The first-order chi connectivity index (χ1) is 37.4. The van der Waals surface area contributed by atoms with Gasteiger partial charge in [0.1, 0.15) is 19.3 Å². The fraction of sp³-hybridized carbons (Fsp3) is 0.731. The van der Waals surface area contributed by atoms with Crippen LogP contribution >= 0.6 is 7.82 Å². The topological polar surface area (TPSA) is 111 Å². The highest BCUT2D eigenvalue weighted by molar-refractivity contribution is 7.47. The zero-order valence-corrected chi connectivity index (χ0v) is 51.6. The van der Waals surface area contributed by atoms with Crippen LogP contribution in [0.1, 0.15) is 265 Å². The Morgan fingerprint density at radius 3 is 1.25 bits per heavy atom. The summed E-state index contributed by atoms with van der Waals surface area (Å²) in [4.78, 5) is 37.7. The summed E-state index contributed by atoms with van der Waals surface area (Å²) in [6.07, 6.45) is 75.5. The number of allylic oxidation sites excluding steroid dienone is 15. The van der Waals surface area contributed by atoms with Crippen molar-refractivity contribution >= 4 is 19.7 Å². The van der Waals surface area contributed by atoms with E-state index in [0.29, 0.717) is 17.4 Å². The summed E-state index contributed by atoms with van der Waals surface area (Å²) in [6, 6.07) is -0.860. The lowest BCUT2D eigenvalue weighted by molar-refractivity contribution is -0.870. The van der Waals surface area contributed by atoms with Gasteiger partial charge in [-0.05, 0) is 102 Å². The van der Waals surface area contributed by atoms with Crippen molar-refractivity contribution in [2.75, 3.05) is 40.9 Å². The van der Waals surface area contributed by atoms with Crippen LogP contribution in [-0.4, -0.2) is 74.3 Å². The molecule has 10 heteroatoms. The highest BCUT2D eigenvalue weighted by Crippen LogP contribution is 2.43. The van der Waals surface area contributed by atoms with Gasteiger partial charge in [-0.25, -0.2) is 4.57 Å². The van der Waals surface area contributed by atoms with Crippen molar-refractivity contribution < 1.29 is 37.3 Å². The summed E-state index contributed by atoms with van der Waals surface area (Å²) < 4.78 is 30.7. The summed E-state index contributed by atoms with van der Waals surface area (Å²) in [5, 5.41) is 3.05. The number of rotatable bonds is 56. The number of carbonyl (C=O) groups is 2. The maximum atomic E-state index is 13.6. The Labute approximate surface area is 475 Å². The van der Waals surface area contributed by atoms with Crippen LogP contribution in [0.2, 0.25) is 0 Å². The zero-order chi connectivity index (χ0) is 56.4. The Kier molecular flexibility index (Phi) is 54.0. The molecule has 0 aliphatic carbocycles. The predicted octanol–water partition coefficient (Wildman–Crippen LogP) is 19.6. The molecule has 0 rings (SSSR count). The molecule has 0 spiro atoms. The third-order valence-corrected chi connectivity index (χ3v) is 14.5. The SMILES string of the molecule is CC/C=C\C/C=C\C/C=C\C/C=C\C/C=C\CCCCCCCCCCCC(=O)NC(COP(=O)(O)OCC[N+](C)(C)C)C(/C=C\CCCCCCCCCCCC)OC(=O)CCCCCCCCC/C=C/C/C=C/CC. The molecule has 444 valence electrons. The van der Waals surface area contributed by atoms with Crippen molar-refractivity contribution in [2.45, 2.75) is 277 Å². The third kappa shape index (κ3) is 57.4. The summed E-state index contributed by atoms with van der Waals surface area (Å²) in [6.45, 7) is 6.78. The van der Waals surface area contributed by atoms with Gasteiger partial charge in [0, 0.05) is 12.8 Å². The number of esters is 1. The predicted molar refractivity (Wildman–Crippen MR) is 332 cm³/mol. The van der Waals surface area contributed by atoms with Gasteiger partial charge in [0.05, 0.1) is 33.8 Å². The average molecular weight is 1100 g/mol. The number of nitrogens with zero attached hydrogens (tertiary/aromatic N) is 1. The number of carbonyl (C=O) groups excluding carboxylic acids is 2. The Morgan fingerprint density at radius 1 is 0.468 bits per heavy atom. The molecule has 0 radical (unpaired) electrons. The van der Waals surface area contributed by atoms with Crippen LogP contribution in [0, 0.1) is 0 Å². The first-order valence-electron chi connectivity index (χ1n) is 31.6. The number of phosphoric ester groups is 1. The lowest BCUT2D eigenvalue weighted by Gasteiger charge is -2.27. The van der Waals surface area contributed by atoms with Gasteiger partial charge in [0.2, 0.25) is 5.91 Å². The molecule has 1 amide bonds. The van der Waals surface area contributed by atoms with E-state index in [2.05, 4.69) is 111 Å². The van der Waals surface area contributed by atoms with Crippen molar-refractivity contribution in [1.82, 2.24) is 5.32 Å². The second-order valence-corrected chi connectivity index (χ2v) is 23.6. The molecule has 0 aliphatic heterocycles. The smallest absolute Gasteiger partial charge is 0.456 e. The van der Waals surface area contributed by atoms with E-state index >= 15 is 0 Å². The van der Waals surface area contributed by atoms with Crippen LogP contribution in [-0.2, 0) is 27.9 Å². The summed E-state index contributed by atoms with van der Waals surface area (Å²) in [7, 11) is 1.48. The minimum atomic E-state index is -4.46. The van der Waals surface area contributed by atoms with Gasteiger partial charge in [-0.2, -0.15) is 0 Å². The molecule has 77 heavy (non-hydrogen) atoms. The van der Waals surface area contributed by atoms with E-state index in [1.807, 2.05) is 33.3 Å². The van der Waals surface area contributed by atoms with Crippen LogP contribution in [0.25, 0.3) is 0 Å². The second kappa shape index (κ2) is 56.2. The molecule has 0 aliphatic rings. The van der Waals surface area contributed by atoms with Gasteiger partial charge in [-0.1, -0.05) is 247 Å². The maximum absolute atomic E-state index is 13.6. The Bertz CT molecular complexity index is 1640. The highest BCUT2D eigenvalue weighted by atomic mass is 31.2. The van der Waals surface area contributed by atoms with Crippen LogP contribution in [0.3, 0.4) is 0 Å². The fourth-order valence-corrected chi connectivity index (χ4v) is 9.45. The molecule has 9 nitrogen and oxygen atoms in total. The van der Waals surface area contributed by atoms with Crippen LogP contribution in [0.15, 0.2) is 97.2 Å². The lowest BCUT2D eigenvalue weighted by Crippen LogP contribution is -2.47. The number of amides is 1. The summed E-state index contributed by atoms with van der Waals surface area (Å²) in [5.41, 5.74) is 0.